The van der Waals surface area contributed by atoms with E-state index in [4.69, 9.17) is 16.3 Å². The average Bonchev–Trinajstić information content (AvgIpc) is 3.25. The Kier molecular flexibility index (Phi) is 4.91. The van der Waals surface area contributed by atoms with Crippen molar-refractivity contribution in [2.75, 3.05) is 13.1 Å². The molecule has 1 unspecified atom stereocenters. The van der Waals surface area contributed by atoms with Crippen LogP contribution in [0.15, 0.2) is 54.6 Å². The molecule has 0 N–H and O–H groups in total. The molecule has 0 aliphatic carbocycles. The van der Waals surface area contributed by atoms with Gasteiger partial charge in [-0.15, -0.1) is 10.2 Å². The summed E-state index contributed by atoms with van der Waals surface area (Å²) in [7, 11) is 2.02. The van der Waals surface area contributed by atoms with E-state index >= 15 is 0 Å². The van der Waals surface area contributed by atoms with E-state index in [0.29, 0.717) is 5.02 Å². The van der Waals surface area contributed by atoms with Crippen molar-refractivity contribution in [3.05, 3.63) is 65.4 Å². The Labute approximate surface area is 158 Å². The highest BCUT2D eigenvalue weighted by Crippen LogP contribution is 2.27. The highest BCUT2D eigenvalue weighted by atomic mass is 35.5. The minimum Gasteiger partial charge on any atom is -0.487 e. The summed E-state index contributed by atoms with van der Waals surface area (Å²) < 4.78 is 8.13. The van der Waals surface area contributed by atoms with Gasteiger partial charge in [0.1, 0.15) is 17.7 Å². The first-order valence-electron chi connectivity index (χ1n) is 8.78. The van der Waals surface area contributed by atoms with Gasteiger partial charge in [0.15, 0.2) is 5.82 Å². The molecule has 0 spiro atoms. The van der Waals surface area contributed by atoms with Gasteiger partial charge in [-0.2, -0.15) is 0 Å². The average molecular weight is 369 g/mol. The lowest BCUT2D eigenvalue weighted by molar-refractivity contribution is 0.197. The largest absolute Gasteiger partial charge is 0.487 e. The van der Waals surface area contributed by atoms with E-state index in [1.165, 1.54) is 0 Å². The molecule has 4 rings (SSSR count). The smallest absolute Gasteiger partial charge is 0.163 e. The maximum atomic E-state index is 6.19. The zero-order valence-corrected chi connectivity index (χ0v) is 15.4. The van der Waals surface area contributed by atoms with Gasteiger partial charge in [-0.25, -0.2) is 0 Å². The molecule has 1 aliphatic heterocycles. The zero-order valence-electron chi connectivity index (χ0n) is 14.7. The Morgan fingerprint density at radius 3 is 2.65 bits per heavy atom. The van der Waals surface area contributed by atoms with Gasteiger partial charge in [-0.1, -0.05) is 54.1 Å². The van der Waals surface area contributed by atoms with Crippen LogP contribution in [0.25, 0.3) is 11.4 Å². The van der Waals surface area contributed by atoms with E-state index in [-0.39, 0.29) is 6.10 Å². The Balaban J connectivity index is 1.40. The first-order chi connectivity index (χ1) is 12.7. The molecule has 0 amide bonds. The summed E-state index contributed by atoms with van der Waals surface area (Å²) in [6, 6.07) is 17.8. The van der Waals surface area contributed by atoms with Crippen LogP contribution < -0.4 is 4.74 Å². The van der Waals surface area contributed by atoms with Gasteiger partial charge in [0.05, 0.1) is 11.6 Å². The monoisotopic (exact) mass is 368 g/mol. The maximum absolute atomic E-state index is 6.19. The van der Waals surface area contributed by atoms with Crippen molar-refractivity contribution in [1.82, 2.24) is 19.7 Å². The highest BCUT2D eigenvalue weighted by molar-refractivity contribution is 6.32. The summed E-state index contributed by atoms with van der Waals surface area (Å²) >= 11 is 6.19. The molecule has 26 heavy (non-hydrogen) atoms. The second-order valence-electron chi connectivity index (χ2n) is 6.56. The summed E-state index contributed by atoms with van der Waals surface area (Å²) in [6.07, 6.45) is 1.13. The molecular formula is C20H21ClN4O. The number of likely N-dealkylation sites (tertiary alicyclic amines) is 1. The highest BCUT2D eigenvalue weighted by Gasteiger charge is 2.26. The quantitative estimate of drug-likeness (QED) is 0.687. The van der Waals surface area contributed by atoms with Crippen molar-refractivity contribution in [1.29, 1.82) is 0 Å². The third kappa shape index (κ3) is 3.59. The molecule has 6 heteroatoms. The molecule has 1 aliphatic rings. The molecule has 1 fully saturated rings. The van der Waals surface area contributed by atoms with Crippen molar-refractivity contribution in [3.63, 3.8) is 0 Å². The van der Waals surface area contributed by atoms with E-state index in [1.807, 2.05) is 49.5 Å². The number of hydrogen-bond acceptors (Lipinski definition) is 4. The molecule has 0 bridgehead atoms. The molecular weight excluding hydrogens is 348 g/mol. The lowest BCUT2D eigenvalue weighted by Crippen LogP contribution is -2.25. The molecule has 0 radical (unpaired) electrons. The Hall–Kier alpha value is -2.37. The minimum atomic E-state index is 0.150. The molecule has 2 aromatic carbocycles. The van der Waals surface area contributed by atoms with Crippen molar-refractivity contribution < 1.29 is 4.74 Å². The lowest BCUT2D eigenvalue weighted by atomic mass is 10.2. The van der Waals surface area contributed by atoms with Crippen LogP contribution in [-0.4, -0.2) is 38.9 Å². The number of nitrogens with zero attached hydrogens (tertiary/aromatic N) is 4. The number of benzene rings is 2. The van der Waals surface area contributed by atoms with Crippen molar-refractivity contribution in [2.45, 2.75) is 19.1 Å². The van der Waals surface area contributed by atoms with Crippen LogP contribution in [-0.2, 0) is 13.6 Å². The van der Waals surface area contributed by atoms with Crippen LogP contribution in [0.3, 0.4) is 0 Å². The van der Waals surface area contributed by atoms with E-state index in [0.717, 1.165) is 49.0 Å². The fourth-order valence-corrected chi connectivity index (χ4v) is 3.47. The van der Waals surface area contributed by atoms with E-state index in [2.05, 4.69) is 31.8 Å². The topological polar surface area (TPSA) is 43.2 Å². The minimum absolute atomic E-state index is 0.150. The fourth-order valence-electron chi connectivity index (χ4n) is 3.29. The number of aromatic nitrogens is 3. The standard InChI is InChI=1S/C20H21ClN4O/c1-24-19(22-23-20(24)15-7-3-2-4-8-15)14-25-12-11-16(13-25)26-18-10-6-5-9-17(18)21/h2-10,16H,11-14H2,1H3. The zero-order chi connectivity index (χ0) is 17.9. The lowest BCUT2D eigenvalue weighted by Gasteiger charge is -2.17. The van der Waals surface area contributed by atoms with Crippen LogP contribution in [0.1, 0.15) is 12.2 Å². The van der Waals surface area contributed by atoms with Gasteiger partial charge < -0.3 is 9.30 Å². The number of para-hydroxylation sites is 1. The summed E-state index contributed by atoms with van der Waals surface area (Å²) in [5.41, 5.74) is 1.08. The number of ether oxygens (including phenoxy) is 1. The fraction of sp³-hybridized carbons (Fsp3) is 0.300. The van der Waals surface area contributed by atoms with Gasteiger partial charge in [-0.05, 0) is 18.6 Å². The third-order valence-corrected chi connectivity index (χ3v) is 5.03. The SMILES string of the molecule is Cn1c(CN2CCC(Oc3ccccc3Cl)C2)nnc1-c1ccccc1. The molecule has 1 aromatic heterocycles. The Morgan fingerprint density at radius 2 is 1.85 bits per heavy atom. The van der Waals surface area contributed by atoms with Gasteiger partial charge >= 0.3 is 0 Å². The Morgan fingerprint density at radius 1 is 1.08 bits per heavy atom. The summed E-state index contributed by atoms with van der Waals surface area (Å²) in [5, 5.41) is 9.41. The van der Waals surface area contributed by atoms with Crippen LogP contribution in [0, 0.1) is 0 Å². The molecule has 3 aromatic rings. The number of halogens is 1. The van der Waals surface area contributed by atoms with Gasteiger partial charge in [0.25, 0.3) is 0 Å². The molecule has 5 nitrogen and oxygen atoms in total. The van der Waals surface area contributed by atoms with Crippen molar-refractivity contribution >= 4 is 11.6 Å². The summed E-state index contributed by atoms with van der Waals surface area (Å²) in [5.74, 6) is 2.61. The normalized spacial score (nSPS) is 17.5. The van der Waals surface area contributed by atoms with Crippen LogP contribution in [0.4, 0.5) is 0 Å². The van der Waals surface area contributed by atoms with Crippen LogP contribution in [0.2, 0.25) is 5.02 Å². The molecule has 0 saturated carbocycles. The van der Waals surface area contributed by atoms with E-state index in [9.17, 15) is 0 Å². The molecule has 134 valence electrons. The van der Waals surface area contributed by atoms with E-state index in [1.54, 1.807) is 0 Å². The predicted octanol–water partition coefficient (Wildman–Crippen LogP) is 3.79. The van der Waals surface area contributed by atoms with Gasteiger partial charge in [0, 0.05) is 25.7 Å². The third-order valence-electron chi connectivity index (χ3n) is 4.72. The van der Waals surface area contributed by atoms with Crippen molar-refractivity contribution in [2.24, 2.45) is 7.05 Å². The molecule has 1 atom stereocenters. The van der Waals surface area contributed by atoms with Crippen molar-refractivity contribution in [3.8, 4) is 17.1 Å². The summed E-state index contributed by atoms with van der Waals surface area (Å²) in [4.78, 5) is 2.35. The second-order valence-corrected chi connectivity index (χ2v) is 6.97. The second kappa shape index (κ2) is 7.48. The molecule has 1 saturated heterocycles. The van der Waals surface area contributed by atoms with Gasteiger partial charge in [-0.3, -0.25) is 4.90 Å². The number of rotatable bonds is 5. The van der Waals surface area contributed by atoms with Crippen LogP contribution in [0.5, 0.6) is 5.75 Å². The van der Waals surface area contributed by atoms with Crippen LogP contribution >= 0.6 is 11.6 Å². The maximum Gasteiger partial charge on any atom is 0.163 e. The van der Waals surface area contributed by atoms with E-state index < -0.39 is 0 Å². The first-order valence-corrected chi connectivity index (χ1v) is 9.16. The Bertz CT molecular complexity index is 881. The predicted molar refractivity (Wildman–Crippen MR) is 102 cm³/mol. The number of hydrogen-bond donors (Lipinski definition) is 0. The first kappa shape index (κ1) is 17.1. The van der Waals surface area contributed by atoms with Gasteiger partial charge in [0.2, 0.25) is 0 Å². The molecule has 2 heterocycles. The summed E-state index contributed by atoms with van der Waals surface area (Å²) in [6.45, 7) is 2.60.